The van der Waals surface area contributed by atoms with Crippen molar-refractivity contribution in [3.8, 4) is 0 Å². The monoisotopic (exact) mass is 926 g/mol. The van der Waals surface area contributed by atoms with E-state index in [1.165, 1.54) is 13.0 Å². The van der Waals surface area contributed by atoms with Crippen molar-refractivity contribution in [3.05, 3.63) is 72.9 Å². The average molecular weight is 926 g/mol. The smallest absolute Gasteiger partial charge is 0.311 e. The van der Waals surface area contributed by atoms with E-state index in [2.05, 4.69) is 0 Å². The van der Waals surface area contributed by atoms with Crippen molar-refractivity contribution < 1.29 is 84.7 Å². The summed E-state index contributed by atoms with van der Waals surface area (Å²) in [4.78, 5) is 25.1. The van der Waals surface area contributed by atoms with Crippen LogP contribution in [0.5, 0.6) is 0 Å². The Balaban J connectivity index is 1.84. The second-order valence-corrected chi connectivity index (χ2v) is 17.8. The number of carboxylic acid groups (broad SMARTS) is 1. The molecule has 3 aliphatic rings. The number of hydrogen-bond acceptors (Lipinski definition) is 17. The van der Waals surface area contributed by atoms with Gasteiger partial charge >= 0.3 is 11.9 Å². The van der Waals surface area contributed by atoms with Crippen molar-refractivity contribution in [2.75, 3.05) is 0 Å². The number of ether oxygens (including phenoxy) is 4. The van der Waals surface area contributed by atoms with E-state index in [1.54, 1.807) is 38.2 Å². The molecule has 0 aliphatic carbocycles. The molecule has 0 aromatic rings. The fourth-order valence-corrected chi connectivity index (χ4v) is 8.11. The van der Waals surface area contributed by atoms with Crippen LogP contribution < -0.4 is 5.73 Å². The summed E-state index contributed by atoms with van der Waals surface area (Å²) in [5.74, 6) is -6.82. The summed E-state index contributed by atoms with van der Waals surface area (Å²) in [6.07, 6.45) is 2.28. The molecule has 3 heterocycles. The van der Waals surface area contributed by atoms with Crippen LogP contribution >= 0.6 is 0 Å². The number of carbonyl (C=O) groups excluding carboxylic acids is 1. The Morgan fingerprint density at radius 1 is 0.692 bits per heavy atom. The second-order valence-electron chi connectivity index (χ2n) is 17.8. The number of fused-ring (bicyclic) bond motifs is 2. The van der Waals surface area contributed by atoms with Gasteiger partial charge in [0.05, 0.1) is 79.6 Å². The highest BCUT2D eigenvalue weighted by Crippen LogP contribution is 2.38. The topological polar surface area (TPSA) is 320 Å². The molecule has 2 saturated heterocycles. The lowest BCUT2D eigenvalue weighted by Gasteiger charge is -2.45. The quantitative estimate of drug-likeness (QED) is 0.175. The highest BCUT2D eigenvalue weighted by atomic mass is 16.7. The third-order valence-electron chi connectivity index (χ3n) is 12.2. The number of carbonyl (C=O) groups is 2. The zero-order valence-corrected chi connectivity index (χ0v) is 37.8. The molecule has 0 aromatic heterocycles. The predicted molar refractivity (Wildman–Crippen MR) is 237 cm³/mol. The molecule has 3 aliphatic heterocycles. The largest absolute Gasteiger partial charge is 0.481 e. The van der Waals surface area contributed by atoms with E-state index < -0.39 is 141 Å². The molecule has 3 rings (SSSR count). The van der Waals surface area contributed by atoms with Gasteiger partial charge in [0.2, 0.25) is 0 Å². The maximum absolute atomic E-state index is 12.6. The molecule has 0 saturated carbocycles. The third kappa shape index (κ3) is 18.8. The molecule has 0 amide bonds. The van der Waals surface area contributed by atoms with E-state index in [0.29, 0.717) is 0 Å². The zero-order valence-electron chi connectivity index (χ0n) is 37.8. The molecule has 0 unspecified atom stereocenters. The van der Waals surface area contributed by atoms with Gasteiger partial charge < -0.3 is 80.9 Å². The number of aliphatic hydroxyl groups excluding tert-OH is 9. The third-order valence-corrected chi connectivity index (χ3v) is 12.2. The summed E-state index contributed by atoms with van der Waals surface area (Å²) in [7, 11) is 0. The van der Waals surface area contributed by atoms with Crippen LogP contribution in [0, 0.1) is 17.8 Å². The normalized spacial score (nSPS) is 45.2. The molecule has 2 fully saturated rings. The first-order chi connectivity index (χ1) is 30.6. The van der Waals surface area contributed by atoms with E-state index in [-0.39, 0.29) is 38.0 Å². The summed E-state index contributed by atoms with van der Waals surface area (Å²) < 4.78 is 23.2. The van der Waals surface area contributed by atoms with Crippen molar-refractivity contribution in [2.45, 2.75) is 189 Å². The lowest BCUT2D eigenvalue weighted by Crippen LogP contribution is -2.61. The molecular weight excluding hydrogens is 851 g/mol. The number of hydrogen-bond donors (Lipinski definition) is 12. The van der Waals surface area contributed by atoms with Crippen molar-refractivity contribution in [3.63, 3.8) is 0 Å². The van der Waals surface area contributed by atoms with Crippen LogP contribution in [0.2, 0.25) is 0 Å². The van der Waals surface area contributed by atoms with Gasteiger partial charge in [0, 0.05) is 31.1 Å². The number of esters is 1. The van der Waals surface area contributed by atoms with Gasteiger partial charge in [-0.3, -0.25) is 9.59 Å². The van der Waals surface area contributed by atoms with Crippen LogP contribution in [-0.2, 0) is 28.5 Å². The summed E-state index contributed by atoms with van der Waals surface area (Å²) in [5.41, 5.74) is 6.02. The second kappa shape index (κ2) is 27.6. The summed E-state index contributed by atoms with van der Waals surface area (Å²) in [5, 5.41) is 118. The molecule has 370 valence electrons. The summed E-state index contributed by atoms with van der Waals surface area (Å²) >= 11 is 0. The Kier molecular flexibility index (Phi) is 23.8. The minimum absolute atomic E-state index is 0.138. The summed E-state index contributed by atoms with van der Waals surface area (Å²) in [6, 6.07) is -1.14. The van der Waals surface area contributed by atoms with Gasteiger partial charge in [-0.15, -0.1) is 0 Å². The highest BCUT2D eigenvalue weighted by Gasteiger charge is 2.51. The Bertz CT molecular complexity index is 1620. The van der Waals surface area contributed by atoms with Crippen LogP contribution in [0.3, 0.4) is 0 Å². The van der Waals surface area contributed by atoms with E-state index in [0.717, 1.165) is 12.8 Å². The Morgan fingerprint density at radius 2 is 1.28 bits per heavy atom. The van der Waals surface area contributed by atoms with Crippen LogP contribution in [0.4, 0.5) is 0 Å². The minimum atomic E-state index is -2.35. The lowest BCUT2D eigenvalue weighted by molar-refractivity contribution is -0.310. The summed E-state index contributed by atoms with van der Waals surface area (Å²) in [6.45, 7) is 6.78. The zero-order chi connectivity index (χ0) is 48.4. The molecule has 65 heavy (non-hydrogen) atoms. The van der Waals surface area contributed by atoms with Gasteiger partial charge in [-0.05, 0) is 52.4 Å². The van der Waals surface area contributed by atoms with Gasteiger partial charge in [-0.25, -0.2) is 0 Å². The van der Waals surface area contributed by atoms with E-state index in [9.17, 15) is 65.8 Å². The van der Waals surface area contributed by atoms with Gasteiger partial charge in [0.25, 0.3) is 0 Å². The molecule has 0 radical (unpaired) electrons. The molecule has 18 heteroatoms. The van der Waals surface area contributed by atoms with Gasteiger partial charge in [0.1, 0.15) is 18.1 Å². The number of aliphatic carboxylic acids is 1. The first-order valence-electron chi connectivity index (χ1n) is 22.6. The molecule has 18 nitrogen and oxygen atoms in total. The van der Waals surface area contributed by atoms with Crippen molar-refractivity contribution in [1.82, 2.24) is 0 Å². The molecule has 0 spiro atoms. The van der Waals surface area contributed by atoms with Gasteiger partial charge in [-0.1, -0.05) is 86.8 Å². The average Bonchev–Trinajstić information content (AvgIpc) is 3.21. The molecule has 13 N–H and O–H groups in total. The van der Waals surface area contributed by atoms with Crippen LogP contribution in [0.1, 0.15) is 91.9 Å². The highest BCUT2D eigenvalue weighted by molar-refractivity contribution is 5.71. The van der Waals surface area contributed by atoms with Gasteiger partial charge in [0.15, 0.2) is 12.1 Å². The standard InChI is InChI=1S/C47H75NO17/c1-27-17-15-13-11-9-7-5-6-8-10-12-14-16-18-34(64-46-44(58)41(48)43(57)30(4)63-46)24-38-40(45(59)60)37(54)26-47(61,65-38)25-36(53)35(52)20-19-31(49)21-32(50)22-33(51)23-39(55)62-29(3)28(2)42(27)56/h5-6,8,10-18,27-38,40-44,46,49-54,56-58,61H,7,9,19-26,48H2,1-4H3,(H,59,60)/b6-5+,10-8+,13-11-,14-12+,17-15+,18-16+/t27-,28-,29-,30+,31+,32+,33+,34-,35+,36+,37-,38-,40+,41-,42+,43+,44-,46-,47+/m0/s1. The van der Waals surface area contributed by atoms with Gasteiger partial charge in [-0.2, -0.15) is 0 Å². The van der Waals surface area contributed by atoms with Crippen molar-refractivity contribution in [1.29, 1.82) is 0 Å². The van der Waals surface area contributed by atoms with Crippen LogP contribution in [0.15, 0.2) is 72.9 Å². The number of allylic oxidation sites excluding steroid dienone is 10. The van der Waals surface area contributed by atoms with Crippen LogP contribution in [0.25, 0.3) is 0 Å². The number of aliphatic hydroxyl groups is 10. The van der Waals surface area contributed by atoms with Crippen LogP contribution in [-0.4, -0.2) is 166 Å². The lowest BCUT2D eigenvalue weighted by atomic mass is 9.82. The van der Waals surface area contributed by atoms with E-state index in [4.69, 9.17) is 24.7 Å². The SMILES string of the molecule is C[C@@H]1[C@H](O)[C@@H](C)/C=C/C=C\CC/C=C/C=C/C=C/C=C/[C@H](O[C@@H]2O[C@H](C)[C@@H](O)[C@H](N)[C@@H]2O)C[C@@H]2O[C@](O)(C[C@@H](O)[C@H](O)CC[C@@H](O)C[C@@H](O)C[C@@H](O)CC(=O)O[C@H]1C)C[C@H](O)[C@H]2C(=O)O. The molecular formula is C47H75NO17. The Labute approximate surface area is 381 Å². The number of nitrogens with two attached hydrogens (primary N) is 1. The fourth-order valence-electron chi connectivity index (χ4n) is 8.11. The maximum Gasteiger partial charge on any atom is 0.311 e. The molecule has 19 atom stereocenters. The first-order valence-corrected chi connectivity index (χ1v) is 22.6. The number of cyclic esters (lactones) is 1. The number of carboxylic acids is 1. The predicted octanol–water partition coefficient (Wildman–Crippen LogP) is 0.936. The maximum atomic E-state index is 12.6. The number of rotatable bonds is 3. The fraction of sp³-hybridized carbons (Fsp3) is 0.702. The van der Waals surface area contributed by atoms with Crippen molar-refractivity contribution in [2.24, 2.45) is 23.5 Å². The first kappa shape index (κ1) is 56.1. The van der Waals surface area contributed by atoms with E-state index in [1.807, 2.05) is 49.5 Å². The molecule has 2 bridgehead atoms. The molecule has 0 aromatic carbocycles. The Hall–Kier alpha value is -3.18. The van der Waals surface area contributed by atoms with Crippen molar-refractivity contribution >= 4 is 11.9 Å². The Morgan fingerprint density at radius 3 is 1.94 bits per heavy atom. The van der Waals surface area contributed by atoms with E-state index >= 15 is 0 Å². The minimum Gasteiger partial charge on any atom is -0.481 e.